The molecule has 0 fully saturated rings. The third-order valence-corrected chi connectivity index (χ3v) is 4.34. The van der Waals surface area contributed by atoms with E-state index in [1.165, 1.54) is 13.2 Å². The van der Waals surface area contributed by atoms with Gasteiger partial charge in [0.1, 0.15) is 6.61 Å². The maximum Gasteiger partial charge on any atom is 0.330 e. The van der Waals surface area contributed by atoms with E-state index >= 15 is 0 Å². The maximum atomic E-state index is 11.2. The number of methoxy groups -OCH3 is 2. The minimum absolute atomic E-state index is 0.282. The van der Waals surface area contributed by atoms with Crippen molar-refractivity contribution in [2.45, 2.75) is 13.0 Å². The molecule has 6 nitrogen and oxygen atoms in total. The Kier molecular flexibility index (Phi) is 6.66. The third kappa shape index (κ3) is 4.89. The highest BCUT2D eigenvalue weighted by Gasteiger charge is 2.16. The van der Waals surface area contributed by atoms with Crippen molar-refractivity contribution in [1.29, 1.82) is 0 Å². The molecule has 0 saturated carbocycles. The second-order valence-electron chi connectivity index (χ2n) is 6.01. The number of esters is 1. The number of carbonyl (C=O) groups is 1. The Morgan fingerprint density at radius 2 is 1.96 bits per heavy atom. The predicted octanol–water partition coefficient (Wildman–Crippen LogP) is 4.28. The highest BCUT2D eigenvalue weighted by Crippen LogP contribution is 2.38. The molecule has 0 spiro atoms. The molecular weight excluding hydrogens is 384 g/mol. The van der Waals surface area contributed by atoms with Crippen LogP contribution in [0.5, 0.6) is 23.0 Å². The summed E-state index contributed by atoms with van der Waals surface area (Å²) in [6.45, 7) is 1.45. The van der Waals surface area contributed by atoms with E-state index in [-0.39, 0.29) is 6.61 Å². The van der Waals surface area contributed by atoms with E-state index in [4.69, 9.17) is 30.5 Å². The molecule has 2 aromatic carbocycles. The van der Waals surface area contributed by atoms with Crippen LogP contribution in [0.3, 0.4) is 0 Å². The van der Waals surface area contributed by atoms with E-state index in [1.54, 1.807) is 31.4 Å². The third-order valence-electron chi connectivity index (χ3n) is 4.06. The smallest absolute Gasteiger partial charge is 0.330 e. The van der Waals surface area contributed by atoms with Gasteiger partial charge in [-0.1, -0.05) is 17.7 Å². The molecule has 7 heteroatoms. The molecule has 0 bridgehead atoms. The van der Waals surface area contributed by atoms with E-state index in [2.05, 4.69) is 4.74 Å². The number of carbonyl (C=O) groups excluding carboxylic acids is 1. The summed E-state index contributed by atoms with van der Waals surface area (Å²) in [7, 11) is 2.89. The summed E-state index contributed by atoms with van der Waals surface area (Å²) in [6.07, 6.45) is 3.79. The monoisotopic (exact) mass is 404 g/mol. The minimum atomic E-state index is -0.425. The van der Waals surface area contributed by atoms with Gasteiger partial charge in [0.2, 0.25) is 0 Å². The van der Waals surface area contributed by atoms with E-state index in [0.29, 0.717) is 41.2 Å². The van der Waals surface area contributed by atoms with Crippen LogP contribution in [0, 0.1) is 0 Å². The molecule has 28 heavy (non-hydrogen) atoms. The first-order valence-electron chi connectivity index (χ1n) is 8.75. The summed E-state index contributed by atoms with van der Waals surface area (Å²) >= 11 is 6.32. The van der Waals surface area contributed by atoms with Crippen molar-refractivity contribution in [1.82, 2.24) is 0 Å². The molecule has 0 atom stereocenters. The van der Waals surface area contributed by atoms with Crippen molar-refractivity contribution >= 4 is 23.6 Å². The van der Waals surface area contributed by atoms with Gasteiger partial charge >= 0.3 is 5.97 Å². The average molecular weight is 405 g/mol. The van der Waals surface area contributed by atoms with E-state index in [1.807, 2.05) is 12.1 Å². The van der Waals surface area contributed by atoms with Crippen LogP contribution >= 0.6 is 11.6 Å². The molecule has 1 aliphatic heterocycles. The van der Waals surface area contributed by atoms with Crippen LogP contribution < -0.4 is 18.9 Å². The van der Waals surface area contributed by atoms with Gasteiger partial charge in [-0.2, -0.15) is 0 Å². The quantitative estimate of drug-likeness (QED) is 0.529. The number of ether oxygens (including phenoxy) is 5. The Bertz CT molecular complexity index is 877. The zero-order valence-corrected chi connectivity index (χ0v) is 16.5. The van der Waals surface area contributed by atoms with Crippen LogP contribution in [-0.2, 0) is 16.1 Å². The number of fused-ring (bicyclic) bond motifs is 1. The van der Waals surface area contributed by atoms with Crippen LogP contribution in [-0.4, -0.2) is 33.4 Å². The lowest BCUT2D eigenvalue weighted by atomic mass is 10.2. The summed E-state index contributed by atoms with van der Waals surface area (Å²) in [5, 5.41) is 0.494. The number of halogens is 1. The molecule has 0 radical (unpaired) electrons. The Balaban J connectivity index is 1.74. The van der Waals surface area contributed by atoms with Gasteiger partial charge in [0.15, 0.2) is 23.0 Å². The minimum Gasteiger partial charge on any atom is -0.493 e. The first kappa shape index (κ1) is 19.9. The van der Waals surface area contributed by atoms with Crippen molar-refractivity contribution in [2.24, 2.45) is 0 Å². The summed E-state index contributed by atoms with van der Waals surface area (Å²) in [6, 6.07) is 9.04. The van der Waals surface area contributed by atoms with Gasteiger partial charge in [0.25, 0.3) is 0 Å². The van der Waals surface area contributed by atoms with Gasteiger partial charge in [0.05, 0.1) is 32.5 Å². The molecule has 2 aromatic rings. The van der Waals surface area contributed by atoms with Crippen LogP contribution in [0.2, 0.25) is 5.02 Å². The van der Waals surface area contributed by atoms with Crippen LogP contribution in [0.15, 0.2) is 36.4 Å². The Morgan fingerprint density at radius 3 is 2.75 bits per heavy atom. The van der Waals surface area contributed by atoms with Crippen LogP contribution in [0.25, 0.3) is 6.08 Å². The Morgan fingerprint density at radius 1 is 1.14 bits per heavy atom. The molecule has 0 amide bonds. The average Bonchev–Trinajstić information content (AvgIpc) is 2.96. The van der Waals surface area contributed by atoms with Gasteiger partial charge < -0.3 is 23.7 Å². The van der Waals surface area contributed by atoms with Gasteiger partial charge in [-0.05, 0) is 41.5 Å². The second-order valence-corrected chi connectivity index (χ2v) is 6.42. The molecule has 0 unspecified atom stereocenters. The van der Waals surface area contributed by atoms with E-state index in [9.17, 15) is 4.79 Å². The summed E-state index contributed by atoms with van der Waals surface area (Å²) in [4.78, 5) is 11.2. The fourth-order valence-electron chi connectivity index (χ4n) is 2.67. The summed E-state index contributed by atoms with van der Waals surface area (Å²) in [5.41, 5.74) is 1.64. The van der Waals surface area contributed by atoms with E-state index in [0.717, 1.165) is 17.5 Å². The molecule has 148 valence electrons. The fourth-order valence-corrected chi connectivity index (χ4v) is 2.96. The zero-order chi connectivity index (χ0) is 19.9. The van der Waals surface area contributed by atoms with E-state index < -0.39 is 5.97 Å². The largest absolute Gasteiger partial charge is 0.493 e. The first-order chi connectivity index (χ1) is 13.6. The number of rotatable bonds is 6. The SMILES string of the molecule is COC(=O)/C=C/c1ccc(OCc2cc(Cl)c3c(c2)OCCCO3)c(OC)c1. The molecule has 3 rings (SSSR count). The summed E-state index contributed by atoms with van der Waals surface area (Å²) < 4.78 is 27.2. The molecule has 0 saturated heterocycles. The van der Waals surface area contributed by atoms with Crippen molar-refractivity contribution in [3.63, 3.8) is 0 Å². The molecule has 0 N–H and O–H groups in total. The highest BCUT2D eigenvalue weighted by molar-refractivity contribution is 6.32. The fraction of sp³-hybridized carbons (Fsp3) is 0.286. The lowest BCUT2D eigenvalue weighted by Gasteiger charge is -2.14. The lowest BCUT2D eigenvalue weighted by molar-refractivity contribution is -0.134. The molecular formula is C21H21ClO6. The molecule has 0 aliphatic carbocycles. The predicted molar refractivity (Wildman–Crippen MR) is 105 cm³/mol. The number of hydrogen-bond acceptors (Lipinski definition) is 6. The molecule has 0 aromatic heterocycles. The zero-order valence-electron chi connectivity index (χ0n) is 15.7. The Hall–Kier alpha value is -2.86. The topological polar surface area (TPSA) is 63.2 Å². The number of hydrogen-bond donors (Lipinski definition) is 0. The van der Waals surface area contributed by atoms with Gasteiger partial charge in [-0.25, -0.2) is 4.79 Å². The van der Waals surface area contributed by atoms with Crippen molar-refractivity contribution in [2.75, 3.05) is 27.4 Å². The van der Waals surface area contributed by atoms with Gasteiger partial charge in [-0.3, -0.25) is 0 Å². The maximum absolute atomic E-state index is 11.2. The Labute approximate surface area is 168 Å². The van der Waals surface area contributed by atoms with Crippen molar-refractivity contribution in [3.8, 4) is 23.0 Å². The first-order valence-corrected chi connectivity index (χ1v) is 9.13. The lowest BCUT2D eigenvalue weighted by Crippen LogP contribution is -2.00. The summed E-state index contributed by atoms with van der Waals surface area (Å²) in [5.74, 6) is 1.89. The number of benzene rings is 2. The van der Waals surface area contributed by atoms with Crippen LogP contribution in [0.1, 0.15) is 17.5 Å². The standard InChI is InChI=1S/C21H21ClO6/c1-24-18-11-14(5-7-20(23)25-2)4-6-17(18)28-13-15-10-16(22)21-19(12-15)26-8-3-9-27-21/h4-7,10-12H,3,8-9,13H2,1-2H3/b7-5+. The molecule has 1 heterocycles. The normalized spacial score (nSPS) is 13.1. The van der Waals surface area contributed by atoms with Gasteiger partial charge in [0, 0.05) is 12.5 Å². The van der Waals surface area contributed by atoms with Crippen molar-refractivity contribution in [3.05, 3.63) is 52.6 Å². The highest BCUT2D eigenvalue weighted by atomic mass is 35.5. The second kappa shape index (κ2) is 9.37. The van der Waals surface area contributed by atoms with Crippen molar-refractivity contribution < 1.29 is 28.5 Å². The van der Waals surface area contributed by atoms with Gasteiger partial charge in [-0.15, -0.1) is 0 Å². The van der Waals surface area contributed by atoms with Crippen LogP contribution in [0.4, 0.5) is 0 Å². The molecule has 1 aliphatic rings.